The molecule has 0 amide bonds. The molecule has 0 atom stereocenters. The lowest BCUT2D eigenvalue weighted by Crippen LogP contribution is -2.33. The summed E-state index contributed by atoms with van der Waals surface area (Å²) in [6.07, 6.45) is 9.16. The maximum atomic E-state index is 11.0. The Kier molecular flexibility index (Phi) is 7.76. The molecule has 0 spiro atoms. The number of rotatable bonds is 10. The molecule has 0 aliphatic carbocycles. The van der Waals surface area contributed by atoms with Crippen LogP contribution >= 0.6 is 0 Å². The lowest BCUT2D eigenvalue weighted by molar-refractivity contribution is 0.131. The maximum absolute atomic E-state index is 11.0. The van der Waals surface area contributed by atoms with Crippen molar-refractivity contribution in [3.63, 3.8) is 0 Å². The van der Waals surface area contributed by atoms with Crippen molar-refractivity contribution < 1.29 is 17.3 Å². The summed E-state index contributed by atoms with van der Waals surface area (Å²) in [5, 5.41) is 0. The van der Waals surface area contributed by atoms with Crippen LogP contribution in [0.1, 0.15) is 37.7 Å². The van der Waals surface area contributed by atoms with Gasteiger partial charge in [0.05, 0.1) is 6.26 Å². The third kappa shape index (κ3) is 7.45. The van der Waals surface area contributed by atoms with Crippen molar-refractivity contribution >= 4 is 10.1 Å². The van der Waals surface area contributed by atoms with Crippen molar-refractivity contribution in [3.8, 4) is 0 Å². The minimum Gasteiger partial charge on any atom is -0.473 e. The van der Waals surface area contributed by atoms with Gasteiger partial charge in [-0.05, 0) is 43.8 Å². The average molecular weight is 409 g/mol. The molecule has 6 nitrogen and oxygen atoms in total. The van der Waals surface area contributed by atoms with E-state index in [1.165, 1.54) is 44.3 Å². The zero-order valence-electron chi connectivity index (χ0n) is 16.8. The first-order valence-corrected chi connectivity index (χ1v) is 12.0. The van der Waals surface area contributed by atoms with Crippen LogP contribution < -0.4 is 0 Å². The lowest BCUT2D eigenvalue weighted by Gasteiger charge is -2.32. The minimum absolute atomic E-state index is 0.0170. The van der Waals surface area contributed by atoms with Crippen molar-refractivity contribution in [1.82, 2.24) is 9.80 Å². The molecule has 1 saturated heterocycles. The average Bonchev–Trinajstić information content (AvgIpc) is 3.13. The van der Waals surface area contributed by atoms with Gasteiger partial charge in [0.1, 0.15) is 12.4 Å². The van der Waals surface area contributed by atoms with Gasteiger partial charge in [0.2, 0.25) is 0 Å². The van der Waals surface area contributed by atoms with Gasteiger partial charge < -0.3 is 9.64 Å². The molecule has 1 aromatic rings. The molecule has 0 saturated carbocycles. The predicted octanol–water partition coefficient (Wildman–Crippen LogP) is 3.18. The number of unbranched alkanes of at least 4 members (excludes halogenated alkanes) is 1. The number of nitrogens with zero attached hydrogens (tertiary/aromatic N) is 2. The Hall–Kier alpha value is -1.57. The van der Waals surface area contributed by atoms with Crippen LogP contribution in [0.2, 0.25) is 0 Å². The van der Waals surface area contributed by atoms with Crippen LogP contribution in [0.3, 0.4) is 0 Å². The van der Waals surface area contributed by atoms with E-state index in [1.54, 1.807) is 0 Å². The fourth-order valence-electron chi connectivity index (χ4n) is 3.84. The second-order valence-electron chi connectivity index (χ2n) is 7.85. The second-order valence-corrected chi connectivity index (χ2v) is 9.49. The maximum Gasteiger partial charge on any atom is 0.264 e. The van der Waals surface area contributed by atoms with E-state index in [2.05, 4.69) is 40.1 Å². The Labute approximate surface area is 169 Å². The van der Waals surface area contributed by atoms with Gasteiger partial charge in [0, 0.05) is 19.3 Å². The summed E-state index contributed by atoms with van der Waals surface area (Å²) in [7, 11) is -3.43. The molecular formula is C21H32N2O4S. The molecule has 0 bridgehead atoms. The number of hydrogen-bond acceptors (Lipinski definition) is 6. The summed E-state index contributed by atoms with van der Waals surface area (Å²) in [6.45, 7) is 4.88. The van der Waals surface area contributed by atoms with Crippen LogP contribution in [0.5, 0.6) is 0 Å². The molecule has 2 aliphatic rings. The zero-order valence-corrected chi connectivity index (χ0v) is 17.6. The Bertz CT molecular complexity index is 728. The number of benzene rings is 1. The standard InChI is InChI=1S/C21H32N2O4S/c1-28(24,25)27-17-21-16-23(18-26-21)12-6-5-7-19-10-13-22(14-11-19)15-20-8-3-2-4-9-20/h2-4,8-9,16,19H,5-7,10-15,17-18H2,1H3. The molecule has 2 heterocycles. The Balaban J connectivity index is 1.26. The molecule has 7 heteroatoms. The highest BCUT2D eigenvalue weighted by molar-refractivity contribution is 7.85. The molecule has 1 aromatic carbocycles. The molecule has 3 rings (SSSR count). The molecule has 156 valence electrons. The monoisotopic (exact) mass is 408 g/mol. The van der Waals surface area contributed by atoms with E-state index < -0.39 is 10.1 Å². The van der Waals surface area contributed by atoms with Crippen molar-refractivity contribution in [1.29, 1.82) is 0 Å². The van der Waals surface area contributed by atoms with Gasteiger partial charge in [-0.15, -0.1) is 0 Å². The summed E-state index contributed by atoms with van der Waals surface area (Å²) >= 11 is 0. The highest BCUT2D eigenvalue weighted by atomic mass is 32.2. The first-order chi connectivity index (χ1) is 13.5. The van der Waals surface area contributed by atoms with E-state index in [4.69, 9.17) is 8.92 Å². The smallest absolute Gasteiger partial charge is 0.264 e. The third-order valence-electron chi connectivity index (χ3n) is 5.42. The first-order valence-electron chi connectivity index (χ1n) is 10.2. The first kappa shape index (κ1) is 21.1. The predicted molar refractivity (Wildman–Crippen MR) is 110 cm³/mol. The number of hydrogen-bond donors (Lipinski definition) is 0. The van der Waals surface area contributed by atoms with Gasteiger partial charge in [-0.25, -0.2) is 0 Å². The summed E-state index contributed by atoms with van der Waals surface area (Å²) in [6, 6.07) is 10.7. The summed E-state index contributed by atoms with van der Waals surface area (Å²) < 4.78 is 32.3. The van der Waals surface area contributed by atoms with Crippen molar-refractivity contribution in [2.24, 2.45) is 5.92 Å². The minimum atomic E-state index is -3.43. The van der Waals surface area contributed by atoms with Crippen molar-refractivity contribution in [3.05, 3.63) is 47.9 Å². The van der Waals surface area contributed by atoms with Gasteiger partial charge in [-0.1, -0.05) is 43.2 Å². The van der Waals surface area contributed by atoms with E-state index in [1.807, 2.05) is 6.20 Å². The van der Waals surface area contributed by atoms with Gasteiger partial charge in [0.25, 0.3) is 10.1 Å². The SMILES string of the molecule is CS(=O)(=O)OCC1=CN(CCCCC2CCN(Cc3ccccc3)CC2)CO1. The fraction of sp³-hybridized carbons (Fsp3) is 0.619. The van der Waals surface area contributed by atoms with E-state index in [-0.39, 0.29) is 6.61 Å². The van der Waals surface area contributed by atoms with Crippen LogP contribution in [-0.4, -0.2) is 57.4 Å². The van der Waals surface area contributed by atoms with E-state index in [9.17, 15) is 8.42 Å². The van der Waals surface area contributed by atoms with E-state index in [0.29, 0.717) is 12.5 Å². The molecular weight excluding hydrogens is 376 g/mol. The molecule has 2 aliphatic heterocycles. The normalized spacial score (nSPS) is 18.9. The van der Waals surface area contributed by atoms with E-state index in [0.717, 1.165) is 31.7 Å². The van der Waals surface area contributed by atoms with Gasteiger partial charge >= 0.3 is 0 Å². The van der Waals surface area contributed by atoms with E-state index >= 15 is 0 Å². The molecule has 0 aromatic heterocycles. The van der Waals surface area contributed by atoms with Crippen LogP contribution in [0.4, 0.5) is 0 Å². The summed E-state index contributed by atoms with van der Waals surface area (Å²) in [5.41, 5.74) is 1.41. The quantitative estimate of drug-likeness (QED) is 0.438. The van der Waals surface area contributed by atoms with Crippen LogP contribution in [0, 0.1) is 5.92 Å². The summed E-state index contributed by atoms with van der Waals surface area (Å²) in [5.74, 6) is 1.42. The second kappa shape index (κ2) is 10.3. The molecule has 0 unspecified atom stereocenters. The number of likely N-dealkylation sites (tertiary alicyclic amines) is 1. The van der Waals surface area contributed by atoms with Gasteiger partial charge in [-0.3, -0.25) is 9.08 Å². The van der Waals surface area contributed by atoms with Crippen molar-refractivity contribution in [2.75, 3.05) is 39.2 Å². The van der Waals surface area contributed by atoms with Crippen LogP contribution in [0.15, 0.2) is 42.3 Å². The van der Waals surface area contributed by atoms with Crippen LogP contribution in [0.25, 0.3) is 0 Å². The Morgan fingerprint density at radius 2 is 1.89 bits per heavy atom. The Morgan fingerprint density at radius 1 is 1.14 bits per heavy atom. The molecule has 28 heavy (non-hydrogen) atoms. The topological polar surface area (TPSA) is 59.1 Å². The molecule has 1 fully saturated rings. The van der Waals surface area contributed by atoms with Gasteiger partial charge in [-0.2, -0.15) is 8.42 Å². The molecule has 0 radical (unpaired) electrons. The highest BCUT2D eigenvalue weighted by Crippen LogP contribution is 2.24. The molecule has 0 N–H and O–H groups in total. The third-order valence-corrected chi connectivity index (χ3v) is 5.97. The number of piperidine rings is 1. The highest BCUT2D eigenvalue weighted by Gasteiger charge is 2.19. The number of ether oxygens (including phenoxy) is 1. The largest absolute Gasteiger partial charge is 0.473 e. The summed E-state index contributed by atoms with van der Waals surface area (Å²) in [4.78, 5) is 4.65. The zero-order chi connectivity index (χ0) is 19.8. The Morgan fingerprint density at radius 3 is 2.61 bits per heavy atom. The van der Waals surface area contributed by atoms with Gasteiger partial charge in [0.15, 0.2) is 6.73 Å². The lowest BCUT2D eigenvalue weighted by atomic mass is 9.91. The fourth-order valence-corrected chi connectivity index (χ4v) is 4.17. The van der Waals surface area contributed by atoms with Crippen LogP contribution in [-0.2, 0) is 25.6 Å². The van der Waals surface area contributed by atoms with Crippen molar-refractivity contribution in [2.45, 2.75) is 38.6 Å².